The molecule has 1 saturated carbocycles. The van der Waals surface area contributed by atoms with Crippen molar-refractivity contribution < 1.29 is 18.3 Å². The first-order valence-corrected chi connectivity index (χ1v) is 10.9. The van der Waals surface area contributed by atoms with Gasteiger partial charge in [-0.3, -0.25) is 9.20 Å². The Hall–Kier alpha value is -3.00. The second-order valence-corrected chi connectivity index (χ2v) is 9.21. The third-order valence-electron chi connectivity index (χ3n) is 6.24. The molecule has 0 radical (unpaired) electrons. The highest BCUT2D eigenvalue weighted by molar-refractivity contribution is 5.95. The van der Waals surface area contributed by atoms with Crippen molar-refractivity contribution in [1.29, 1.82) is 0 Å². The van der Waals surface area contributed by atoms with Gasteiger partial charge in [-0.15, -0.1) is 0 Å². The van der Waals surface area contributed by atoms with Crippen molar-refractivity contribution in [3.05, 3.63) is 64.1 Å². The maximum atomic E-state index is 14.9. The number of nitrogens with one attached hydrogen (secondary N) is 2. The van der Waals surface area contributed by atoms with E-state index in [9.17, 15) is 13.6 Å². The van der Waals surface area contributed by atoms with Crippen LogP contribution in [0.5, 0.6) is 5.75 Å². The van der Waals surface area contributed by atoms with Crippen molar-refractivity contribution in [2.45, 2.75) is 51.7 Å². The lowest BCUT2D eigenvalue weighted by atomic mass is 10.1. The number of imidazole rings is 1. The van der Waals surface area contributed by atoms with E-state index < -0.39 is 11.6 Å². The largest absolute Gasteiger partial charge is 0.485 e. The van der Waals surface area contributed by atoms with Crippen LogP contribution in [-0.4, -0.2) is 33.9 Å². The zero-order valence-corrected chi connectivity index (χ0v) is 18.4. The van der Waals surface area contributed by atoms with Gasteiger partial charge in [-0.05, 0) is 62.8 Å². The second kappa shape index (κ2) is 7.55. The Morgan fingerprint density at radius 3 is 2.78 bits per heavy atom. The van der Waals surface area contributed by atoms with Crippen molar-refractivity contribution in [1.82, 2.24) is 20.0 Å². The fourth-order valence-corrected chi connectivity index (χ4v) is 3.98. The molecule has 8 heteroatoms. The van der Waals surface area contributed by atoms with Gasteiger partial charge in [0.2, 0.25) is 0 Å². The lowest BCUT2D eigenvalue weighted by Gasteiger charge is -2.13. The molecule has 2 aliphatic rings. The van der Waals surface area contributed by atoms with E-state index in [0.29, 0.717) is 34.9 Å². The minimum Gasteiger partial charge on any atom is -0.485 e. The first-order valence-electron chi connectivity index (χ1n) is 10.9. The Morgan fingerprint density at radius 2 is 2.09 bits per heavy atom. The first kappa shape index (κ1) is 20.9. The number of fused-ring (bicyclic) bond motifs is 1. The maximum absolute atomic E-state index is 14.9. The number of aryl methyl sites for hydroxylation is 2. The molecule has 1 atom stereocenters. The quantitative estimate of drug-likeness (QED) is 0.548. The molecular formula is C24H26F2N4O2. The molecule has 1 unspecified atom stereocenters. The van der Waals surface area contributed by atoms with Crippen LogP contribution in [0.1, 0.15) is 58.6 Å². The van der Waals surface area contributed by atoms with Crippen LogP contribution in [0.2, 0.25) is 0 Å². The van der Waals surface area contributed by atoms with Gasteiger partial charge in [0, 0.05) is 24.8 Å². The van der Waals surface area contributed by atoms with Gasteiger partial charge in [0.05, 0.1) is 11.3 Å². The summed E-state index contributed by atoms with van der Waals surface area (Å²) >= 11 is 0. The molecule has 32 heavy (non-hydrogen) atoms. The van der Waals surface area contributed by atoms with E-state index in [2.05, 4.69) is 15.6 Å². The number of halogens is 2. The number of carbonyl (C=O) groups excluding carboxylic acids is 1. The summed E-state index contributed by atoms with van der Waals surface area (Å²) in [4.78, 5) is 17.4. The van der Waals surface area contributed by atoms with E-state index in [1.54, 1.807) is 17.4 Å². The molecule has 2 N–H and O–H groups in total. The Bertz CT molecular complexity index is 1230. The highest BCUT2D eigenvalue weighted by Crippen LogP contribution is 2.42. The van der Waals surface area contributed by atoms with Crippen LogP contribution in [0, 0.1) is 25.5 Å². The minimum absolute atomic E-state index is 0.0581. The summed E-state index contributed by atoms with van der Waals surface area (Å²) in [5.74, 6) is -0.839. The summed E-state index contributed by atoms with van der Waals surface area (Å²) in [6.07, 6.45) is 3.66. The highest BCUT2D eigenvalue weighted by Gasteiger charge is 2.37. The molecule has 1 aliphatic carbocycles. The molecule has 3 aromatic rings. The van der Waals surface area contributed by atoms with Crippen LogP contribution in [-0.2, 0) is 6.61 Å². The Morgan fingerprint density at radius 1 is 1.34 bits per heavy atom. The SMILES string of the molecule is Cc1cc(OCc2c(F)ccc(C3CC3)c2F)c2nc(C)c(C(=O)NCC3(C)CN3)n2c1. The fourth-order valence-electron chi connectivity index (χ4n) is 3.98. The summed E-state index contributed by atoms with van der Waals surface area (Å²) in [6, 6.07) is 4.59. The first-order chi connectivity index (χ1) is 15.3. The maximum Gasteiger partial charge on any atom is 0.270 e. The van der Waals surface area contributed by atoms with Crippen molar-refractivity contribution in [3.8, 4) is 5.75 Å². The van der Waals surface area contributed by atoms with Crippen molar-refractivity contribution in [3.63, 3.8) is 0 Å². The van der Waals surface area contributed by atoms with Crippen molar-refractivity contribution in [2.24, 2.45) is 0 Å². The fraction of sp³-hybridized carbons (Fsp3) is 0.417. The lowest BCUT2D eigenvalue weighted by Crippen LogP contribution is -2.35. The number of amides is 1. The minimum atomic E-state index is -0.627. The number of nitrogens with zero attached hydrogens (tertiary/aromatic N) is 2. The summed E-state index contributed by atoms with van der Waals surface area (Å²) in [5.41, 5.74) is 2.66. The average molecular weight is 440 g/mol. The van der Waals surface area contributed by atoms with E-state index in [-0.39, 0.29) is 29.5 Å². The predicted octanol–water partition coefficient (Wildman–Crippen LogP) is 3.78. The van der Waals surface area contributed by atoms with Gasteiger partial charge in [0.1, 0.15) is 23.9 Å². The molecule has 0 bridgehead atoms. The molecule has 1 aromatic carbocycles. The summed E-state index contributed by atoms with van der Waals surface area (Å²) < 4.78 is 36.8. The molecule has 5 rings (SSSR count). The van der Waals surface area contributed by atoms with E-state index >= 15 is 0 Å². The third kappa shape index (κ3) is 3.83. The monoisotopic (exact) mass is 440 g/mol. The van der Waals surface area contributed by atoms with Crippen LogP contribution in [0.3, 0.4) is 0 Å². The van der Waals surface area contributed by atoms with Gasteiger partial charge in [0.15, 0.2) is 11.4 Å². The zero-order valence-electron chi connectivity index (χ0n) is 18.4. The molecule has 1 saturated heterocycles. The Kier molecular flexibility index (Phi) is 4.93. The summed E-state index contributed by atoms with van der Waals surface area (Å²) in [7, 11) is 0. The summed E-state index contributed by atoms with van der Waals surface area (Å²) in [5, 5.41) is 6.17. The van der Waals surface area contributed by atoms with Crippen LogP contribution < -0.4 is 15.4 Å². The standard InChI is InChI=1S/C24H26F2N4O2/c1-13-8-19(32-10-17-18(25)7-6-16(20(17)26)15-4-5-15)22-29-14(2)21(30(22)9-13)23(31)27-11-24(3)12-28-24/h6-9,15,28H,4-5,10-12H2,1-3H3,(H,27,31). The number of aromatic nitrogens is 2. The Balaban J connectivity index is 1.44. The smallest absolute Gasteiger partial charge is 0.270 e. The second-order valence-electron chi connectivity index (χ2n) is 9.21. The van der Waals surface area contributed by atoms with Crippen LogP contribution in [0.4, 0.5) is 8.78 Å². The van der Waals surface area contributed by atoms with Crippen LogP contribution in [0.25, 0.3) is 5.65 Å². The van der Waals surface area contributed by atoms with E-state index in [0.717, 1.165) is 24.9 Å². The van der Waals surface area contributed by atoms with E-state index in [1.807, 2.05) is 20.0 Å². The Labute approximate surface area is 185 Å². The van der Waals surface area contributed by atoms with E-state index in [4.69, 9.17) is 4.74 Å². The molecule has 2 fully saturated rings. The van der Waals surface area contributed by atoms with E-state index in [1.165, 1.54) is 12.1 Å². The third-order valence-corrected chi connectivity index (χ3v) is 6.24. The van der Waals surface area contributed by atoms with Crippen LogP contribution >= 0.6 is 0 Å². The molecule has 6 nitrogen and oxygen atoms in total. The molecule has 1 aliphatic heterocycles. The molecule has 1 amide bonds. The van der Waals surface area contributed by atoms with Gasteiger partial charge in [-0.2, -0.15) is 0 Å². The van der Waals surface area contributed by atoms with Gasteiger partial charge in [-0.25, -0.2) is 13.8 Å². The normalized spacial score (nSPS) is 19.9. The number of pyridine rings is 1. The van der Waals surface area contributed by atoms with Crippen molar-refractivity contribution >= 4 is 11.6 Å². The van der Waals surface area contributed by atoms with Gasteiger partial charge < -0.3 is 15.4 Å². The number of ether oxygens (including phenoxy) is 1. The number of hydrogen-bond donors (Lipinski definition) is 2. The topological polar surface area (TPSA) is 77.6 Å². The number of benzene rings is 1. The number of carbonyl (C=O) groups is 1. The molecular weight excluding hydrogens is 414 g/mol. The molecule has 2 aromatic heterocycles. The van der Waals surface area contributed by atoms with Crippen molar-refractivity contribution in [2.75, 3.05) is 13.1 Å². The predicted molar refractivity (Wildman–Crippen MR) is 116 cm³/mol. The zero-order chi connectivity index (χ0) is 22.6. The van der Waals surface area contributed by atoms with Gasteiger partial charge in [-0.1, -0.05) is 6.07 Å². The molecule has 168 valence electrons. The molecule has 0 spiro atoms. The van der Waals surface area contributed by atoms with Gasteiger partial charge >= 0.3 is 0 Å². The lowest BCUT2D eigenvalue weighted by molar-refractivity contribution is 0.0943. The number of rotatable bonds is 7. The average Bonchev–Trinajstić information content (AvgIpc) is 3.66. The highest BCUT2D eigenvalue weighted by atomic mass is 19.1. The number of hydrogen-bond acceptors (Lipinski definition) is 4. The molecule has 3 heterocycles. The summed E-state index contributed by atoms with van der Waals surface area (Å²) in [6.45, 7) is 6.80. The van der Waals surface area contributed by atoms with Crippen LogP contribution in [0.15, 0.2) is 24.4 Å². The van der Waals surface area contributed by atoms with Gasteiger partial charge in [0.25, 0.3) is 5.91 Å².